The lowest BCUT2D eigenvalue weighted by atomic mass is 10.1. The van der Waals surface area contributed by atoms with Gasteiger partial charge in [0.15, 0.2) is 6.79 Å². The van der Waals surface area contributed by atoms with E-state index >= 15 is 0 Å². The molecule has 1 heterocycles. The zero-order chi connectivity index (χ0) is 19.4. The minimum Gasteiger partial charge on any atom is -0.468 e. The highest BCUT2D eigenvalue weighted by Crippen LogP contribution is 2.36. The van der Waals surface area contributed by atoms with Gasteiger partial charge in [0.05, 0.1) is 21.6 Å². The molecule has 0 saturated carbocycles. The number of nitrogens with zero attached hydrogens (tertiary/aromatic N) is 3. The number of fused-ring (bicyclic) bond motifs is 1. The molecule has 3 rings (SSSR count). The van der Waals surface area contributed by atoms with Crippen molar-refractivity contribution in [3.05, 3.63) is 36.4 Å². The zero-order valence-electron chi connectivity index (χ0n) is 15.9. The van der Waals surface area contributed by atoms with Crippen LogP contribution in [0.1, 0.15) is 6.92 Å². The van der Waals surface area contributed by atoms with E-state index in [0.29, 0.717) is 6.61 Å². The maximum absolute atomic E-state index is 11.2. The Morgan fingerprint density at radius 1 is 1.11 bits per heavy atom. The zero-order valence-corrected chi connectivity index (χ0v) is 16.7. The number of thiazole rings is 1. The molecule has 0 aliphatic rings. The lowest BCUT2D eigenvalue weighted by Crippen LogP contribution is -2.19. The molecule has 0 spiro atoms. The summed E-state index contributed by atoms with van der Waals surface area (Å²) in [6.45, 7) is 2.80. The number of hydrogen-bond acceptors (Lipinski definition) is 6. The summed E-state index contributed by atoms with van der Waals surface area (Å²) in [6.07, 6.45) is 0.809. The number of hydrogen-bond donors (Lipinski definition) is 0. The summed E-state index contributed by atoms with van der Waals surface area (Å²) in [4.78, 5) is 19.5. The van der Waals surface area contributed by atoms with Crippen LogP contribution in [0.25, 0.3) is 20.8 Å². The van der Waals surface area contributed by atoms with Gasteiger partial charge in [0.2, 0.25) is 6.41 Å². The number of aromatic nitrogens is 1. The maximum Gasteiger partial charge on any atom is 0.213 e. The molecule has 0 atom stereocenters. The molecule has 3 aromatic rings. The number of carbonyl (C=O) groups is 1. The third-order valence-electron chi connectivity index (χ3n) is 4.12. The van der Waals surface area contributed by atoms with Crippen LogP contribution in [0.3, 0.4) is 0 Å². The second kappa shape index (κ2) is 8.37. The van der Waals surface area contributed by atoms with Gasteiger partial charge in [-0.05, 0) is 43.3 Å². The molecule has 1 amide bonds. The minimum absolute atomic E-state index is 0.242. The van der Waals surface area contributed by atoms with Crippen molar-refractivity contribution >= 4 is 39.3 Å². The average Bonchev–Trinajstić information content (AvgIpc) is 3.10. The first-order chi connectivity index (χ1) is 13.0. The van der Waals surface area contributed by atoms with E-state index in [2.05, 4.69) is 6.07 Å². The van der Waals surface area contributed by atoms with E-state index in [1.807, 2.05) is 56.3 Å². The van der Waals surface area contributed by atoms with Crippen LogP contribution < -0.4 is 14.5 Å². The second-order valence-corrected chi connectivity index (χ2v) is 7.25. The van der Waals surface area contributed by atoms with Gasteiger partial charge >= 0.3 is 0 Å². The number of anilines is 2. The van der Waals surface area contributed by atoms with E-state index < -0.39 is 0 Å². The van der Waals surface area contributed by atoms with Crippen LogP contribution in [0.5, 0.6) is 5.75 Å². The molecule has 1 aromatic heterocycles. The van der Waals surface area contributed by atoms with Crippen molar-refractivity contribution in [3.8, 4) is 16.3 Å². The molecule has 0 aliphatic heterocycles. The highest BCUT2D eigenvalue weighted by molar-refractivity contribution is 7.21. The lowest BCUT2D eigenvalue weighted by molar-refractivity contribution is -0.107. The van der Waals surface area contributed by atoms with E-state index in [1.165, 1.54) is 0 Å². The quantitative estimate of drug-likeness (QED) is 0.333. The fourth-order valence-electron chi connectivity index (χ4n) is 2.68. The smallest absolute Gasteiger partial charge is 0.213 e. The number of ether oxygens (including phenoxy) is 2. The predicted molar refractivity (Wildman–Crippen MR) is 111 cm³/mol. The molecular weight excluding hydrogens is 362 g/mol. The standard InChI is InChI=1S/C20H23N3O3S/c1-5-25-13-26-15-7-8-16-19(11-15)27-20(21-16)14-6-9-17(23(4)12-24)18(10-14)22(2)3/h6-12H,5,13H2,1-4H3. The second-order valence-electron chi connectivity index (χ2n) is 6.22. The average molecular weight is 385 g/mol. The van der Waals surface area contributed by atoms with Crippen molar-refractivity contribution in [2.24, 2.45) is 0 Å². The molecule has 0 aliphatic carbocycles. The SMILES string of the molecule is CCOCOc1ccc2nc(-c3ccc(N(C)C=O)c(N(C)C)c3)sc2c1. The van der Waals surface area contributed by atoms with Crippen molar-refractivity contribution in [3.63, 3.8) is 0 Å². The van der Waals surface area contributed by atoms with Crippen LogP contribution in [-0.4, -0.2) is 45.9 Å². The van der Waals surface area contributed by atoms with Crippen LogP contribution in [0.4, 0.5) is 11.4 Å². The summed E-state index contributed by atoms with van der Waals surface area (Å²) in [5.41, 5.74) is 3.76. The van der Waals surface area contributed by atoms with Crippen LogP contribution in [0.2, 0.25) is 0 Å². The molecule has 2 aromatic carbocycles. The Morgan fingerprint density at radius 2 is 1.93 bits per heavy atom. The van der Waals surface area contributed by atoms with Crippen LogP contribution in [0.15, 0.2) is 36.4 Å². The summed E-state index contributed by atoms with van der Waals surface area (Å²) in [5.74, 6) is 0.767. The molecule has 0 radical (unpaired) electrons. The Kier molecular flexibility index (Phi) is 5.93. The first-order valence-corrected chi connectivity index (χ1v) is 9.46. The van der Waals surface area contributed by atoms with Crippen molar-refractivity contribution < 1.29 is 14.3 Å². The van der Waals surface area contributed by atoms with Gasteiger partial charge in [0, 0.05) is 33.3 Å². The van der Waals surface area contributed by atoms with Gasteiger partial charge in [-0.25, -0.2) is 4.98 Å². The Morgan fingerprint density at radius 3 is 2.63 bits per heavy atom. The first kappa shape index (κ1) is 19.1. The molecule has 0 bridgehead atoms. The number of rotatable bonds is 8. The van der Waals surface area contributed by atoms with Crippen LogP contribution in [-0.2, 0) is 9.53 Å². The lowest BCUT2D eigenvalue weighted by Gasteiger charge is -2.22. The van der Waals surface area contributed by atoms with Crippen molar-refractivity contribution in [1.82, 2.24) is 4.98 Å². The first-order valence-electron chi connectivity index (χ1n) is 8.64. The van der Waals surface area contributed by atoms with Crippen LogP contribution in [0, 0.1) is 0 Å². The molecule has 0 unspecified atom stereocenters. The fraction of sp³-hybridized carbons (Fsp3) is 0.300. The third kappa shape index (κ3) is 4.20. The molecular formula is C20H23N3O3S. The molecule has 142 valence electrons. The number of carbonyl (C=O) groups excluding carboxylic acids is 1. The molecule has 0 N–H and O–H groups in total. The monoisotopic (exact) mass is 385 g/mol. The largest absolute Gasteiger partial charge is 0.468 e. The van der Waals surface area contributed by atoms with Gasteiger partial charge in [-0.15, -0.1) is 11.3 Å². The molecule has 7 heteroatoms. The summed E-state index contributed by atoms with van der Waals surface area (Å²) in [6, 6.07) is 11.8. The number of amides is 1. The normalized spacial score (nSPS) is 10.8. The van der Waals surface area contributed by atoms with Gasteiger partial charge in [-0.3, -0.25) is 4.79 Å². The molecule has 0 saturated heterocycles. The maximum atomic E-state index is 11.2. The minimum atomic E-state index is 0.242. The predicted octanol–water partition coefficient (Wildman–Crippen LogP) is 3.99. The van der Waals surface area contributed by atoms with E-state index in [4.69, 9.17) is 14.5 Å². The topological polar surface area (TPSA) is 54.9 Å². The van der Waals surface area contributed by atoms with E-state index in [0.717, 1.165) is 44.3 Å². The molecule has 6 nitrogen and oxygen atoms in total. The van der Waals surface area contributed by atoms with Gasteiger partial charge in [0.25, 0.3) is 0 Å². The highest BCUT2D eigenvalue weighted by atomic mass is 32.1. The third-order valence-corrected chi connectivity index (χ3v) is 5.18. The van der Waals surface area contributed by atoms with Crippen LogP contribution >= 0.6 is 11.3 Å². The van der Waals surface area contributed by atoms with E-state index in [-0.39, 0.29) is 6.79 Å². The van der Waals surface area contributed by atoms with Crippen molar-refractivity contribution in [2.45, 2.75) is 6.92 Å². The Bertz CT molecular complexity index is 939. The van der Waals surface area contributed by atoms with Gasteiger partial charge < -0.3 is 19.3 Å². The Labute approximate surface area is 162 Å². The van der Waals surface area contributed by atoms with Gasteiger partial charge in [-0.1, -0.05) is 0 Å². The number of benzene rings is 2. The highest BCUT2D eigenvalue weighted by Gasteiger charge is 2.13. The summed E-state index contributed by atoms with van der Waals surface area (Å²) in [7, 11) is 5.67. The Hall–Kier alpha value is -2.64. The van der Waals surface area contributed by atoms with E-state index in [9.17, 15) is 4.79 Å². The summed E-state index contributed by atoms with van der Waals surface area (Å²) in [5, 5.41) is 0.926. The van der Waals surface area contributed by atoms with Gasteiger partial charge in [0.1, 0.15) is 10.8 Å². The fourth-order valence-corrected chi connectivity index (χ4v) is 3.67. The molecule has 0 fully saturated rings. The summed E-state index contributed by atoms with van der Waals surface area (Å²) >= 11 is 1.61. The summed E-state index contributed by atoms with van der Waals surface area (Å²) < 4.78 is 11.9. The van der Waals surface area contributed by atoms with Crippen molar-refractivity contribution in [2.75, 3.05) is 44.3 Å². The van der Waals surface area contributed by atoms with E-state index in [1.54, 1.807) is 23.3 Å². The van der Waals surface area contributed by atoms with Gasteiger partial charge in [-0.2, -0.15) is 0 Å². The molecule has 27 heavy (non-hydrogen) atoms. The Balaban J connectivity index is 1.94. The van der Waals surface area contributed by atoms with Crippen molar-refractivity contribution in [1.29, 1.82) is 0 Å².